The van der Waals surface area contributed by atoms with Crippen LogP contribution >= 0.6 is 11.3 Å². The minimum absolute atomic E-state index is 0.0511. The van der Waals surface area contributed by atoms with Crippen LogP contribution in [0.15, 0.2) is 23.1 Å². The Hall–Kier alpha value is -1.87. The van der Waals surface area contributed by atoms with Crippen molar-refractivity contribution in [3.05, 3.63) is 33.8 Å². The molecule has 0 saturated heterocycles. The Bertz CT molecular complexity index is 892. The predicted molar refractivity (Wildman–Crippen MR) is 135 cm³/mol. The van der Waals surface area contributed by atoms with Crippen molar-refractivity contribution in [3.63, 3.8) is 0 Å². The fourth-order valence-electron chi connectivity index (χ4n) is 4.19. The number of aliphatic hydroxyl groups excluding tert-OH is 2. The molecule has 0 aromatic carbocycles. The third-order valence-electron chi connectivity index (χ3n) is 6.77. The molecule has 0 bridgehead atoms. The number of esters is 1. The van der Waals surface area contributed by atoms with Crippen LogP contribution in [-0.2, 0) is 20.9 Å². The van der Waals surface area contributed by atoms with E-state index in [1.807, 2.05) is 25.3 Å². The highest BCUT2D eigenvalue weighted by atomic mass is 32.1. The maximum absolute atomic E-state index is 13.1. The molecule has 4 N–H and O–H groups in total. The maximum atomic E-state index is 13.1. The van der Waals surface area contributed by atoms with Crippen LogP contribution in [0.3, 0.4) is 0 Å². The van der Waals surface area contributed by atoms with Gasteiger partial charge in [-0.1, -0.05) is 39.3 Å². The normalized spacial score (nSPS) is 31.8. The number of aromatic nitrogens is 1. The first-order valence-corrected chi connectivity index (χ1v) is 12.9. The molecule has 0 fully saturated rings. The van der Waals surface area contributed by atoms with Crippen LogP contribution in [-0.4, -0.2) is 45.3 Å². The second kappa shape index (κ2) is 12.7. The first-order chi connectivity index (χ1) is 15.9. The van der Waals surface area contributed by atoms with Gasteiger partial charge in [0, 0.05) is 24.3 Å². The first-order valence-electron chi connectivity index (χ1n) is 12.0. The number of nitrogens with two attached hydrogens (primary N) is 1. The third kappa shape index (κ3) is 7.83. The average molecular weight is 493 g/mol. The molecule has 0 amide bonds. The standard InChI is InChI=1S/C26H40N2O5S/c1-16-7-6-8-17(2)24(31)18(3)25(32)26(4,5)21(29)13-23(30)33-20(11-9-16)12-10-19-15-34-22(14-27)28-19/h9-10,12,15,17-18,20-21,24,29,31H,6-8,11,13-14,27H2,1-5H3/b12-10?,16-9-. The van der Waals surface area contributed by atoms with Gasteiger partial charge in [-0.05, 0) is 44.3 Å². The summed E-state index contributed by atoms with van der Waals surface area (Å²) >= 11 is 1.47. The quantitative estimate of drug-likeness (QED) is 0.430. The summed E-state index contributed by atoms with van der Waals surface area (Å²) < 4.78 is 5.68. The number of ether oxygens (including phenoxy) is 1. The highest BCUT2D eigenvalue weighted by molar-refractivity contribution is 7.09. The van der Waals surface area contributed by atoms with Crippen molar-refractivity contribution in [2.24, 2.45) is 23.0 Å². The summed E-state index contributed by atoms with van der Waals surface area (Å²) in [6.07, 6.45) is 5.84. The van der Waals surface area contributed by atoms with Crippen molar-refractivity contribution in [1.29, 1.82) is 0 Å². The number of aliphatic hydroxyl groups is 2. The zero-order valence-electron chi connectivity index (χ0n) is 21.0. The van der Waals surface area contributed by atoms with Crippen LogP contribution in [0.4, 0.5) is 0 Å². The summed E-state index contributed by atoms with van der Waals surface area (Å²) in [6, 6.07) is 0. The van der Waals surface area contributed by atoms with E-state index >= 15 is 0 Å². The van der Waals surface area contributed by atoms with Gasteiger partial charge in [-0.25, -0.2) is 4.98 Å². The van der Waals surface area contributed by atoms with Gasteiger partial charge in [-0.3, -0.25) is 9.59 Å². The zero-order chi connectivity index (χ0) is 25.5. The van der Waals surface area contributed by atoms with E-state index in [2.05, 4.69) is 11.1 Å². The number of allylic oxidation sites excluding steroid dienone is 1. The molecule has 1 aromatic heterocycles. The molecule has 1 aromatic rings. The molecule has 8 heteroatoms. The first kappa shape index (κ1) is 28.4. The number of carbonyl (C=O) groups is 2. The molecular formula is C26H40N2O5S. The molecule has 0 radical (unpaired) electrons. The van der Waals surface area contributed by atoms with Gasteiger partial charge in [0.1, 0.15) is 16.9 Å². The van der Waals surface area contributed by atoms with Gasteiger partial charge >= 0.3 is 5.97 Å². The molecule has 34 heavy (non-hydrogen) atoms. The lowest BCUT2D eigenvalue weighted by molar-refractivity contribution is -0.153. The van der Waals surface area contributed by atoms with Gasteiger partial charge in [-0.15, -0.1) is 11.3 Å². The Balaban J connectivity index is 2.26. The van der Waals surface area contributed by atoms with Crippen molar-refractivity contribution in [2.75, 3.05) is 0 Å². The van der Waals surface area contributed by atoms with E-state index in [0.717, 1.165) is 30.0 Å². The molecule has 2 rings (SSSR count). The van der Waals surface area contributed by atoms with Crippen molar-refractivity contribution in [1.82, 2.24) is 4.98 Å². The molecule has 5 unspecified atom stereocenters. The monoisotopic (exact) mass is 492 g/mol. The average Bonchev–Trinajstić information content (AvgIpc) is 3.26. The summed E-state index contributed by atoms with van der Waals surface area (Å²) in [7, 11) is 0. The van der Waals surface area contributed by atoms with Crippen molar-refractivity contribution < 1.29 is 24.5 Å². The van der Waals surface area contributed by atoms with Gasteiger partial charge in [0.15, 0.2) is 0 Å². The summed E-state index contributed by atoms with van der Waals surface area (Å²) in [5.74, 6) is -1.54. The van der Waals surface area contributed by atoms with E-state index in [0.29, 0.717) is 13.0 Å². The summed E-state index contributed by atoms with van der Waals surface area (Å²) in [4.78, 5) is 30.2. The maximum Gasteiger partial charge on any atom is 0.309 e. The second-order valence-electron chi connectivity index (χ2n) is 10.00. The zero-order valence-corrected chi connectivity index (χ0v) is 21.8. The van der Waals surface area contributed by atoms with Crippen LogP contribution < -0.4 is 5.73 Å². The molecule has 1 aliphatic heterocycles. The number of hydrogen-bond acceptors (Lipinski definition) is 8. The van der Waals surface area contributed by atoms with E-state index in [4.69, 9.17) is 10.5 Å². The van der Waals surface area contributed by atoms with Crippen LogP contribution in [0, 0.1) is 17.3 Å². The number of rotatable bonds is 3. The smallest absolute Gasteiger partial charge is 0.309 e. The fraction of sp³-hybridized carbons (Fsp3) is 0.654. The van der Waals surface area contributed by atoms with E-state index < -0.39 is 35.6 Å². The lowest BCUT2D eigenvalue weighted by atomic mass is 9.73. The van der Waals surface area contributed by atoms with Crippen molar-refractivity contribution >= 4 is 29.2 Å². The van der Waals surface area contributed by atoms with Crippen molar-refractivity contribution in [3.8, 4) is 0 Å². The van der Waals surface area contributed by atoms with Crippen LogP contribution in [0.1, 0.15) is 77.4 Å². The van der Waals surface area contributed by atoms with E-state index in [1.54, 1.807) is 26.8 Å². The Morgan fingerprint density at radius 2 is 2.00 bits per heavy atom. The Morgan fingerprint density at radius 3 is 2.65 bits per heavy atom. The molecular weight excluding hydrogens is 452 g/mol. The summed E-state index contributed by atoms with van der Waals surface area (Å²) in [5.41, 5.74) is 6.36. The van der Waals surface area contributed by atoms with Crippen LogP contribution in [0.25, 0.3) is 6.08 Å². The number of cyclic esters (lactones) is 1. The Kier molecular flexibility index (Phi) is 10.6. The molecule has 0 spiro atoms. The largest absolute Gasteiger partial charge is 0.458 e. The van der Waals surface area contributed by atoms with Gasteiger partial charge < -0.3 is 20.7 Å². The summed E-state index contributed by atoms with van der Waals surface area (Å²) in [5, 5.41) is 24.2. The molecule has 5 atom stereocenters. The number of nitrogens with zero attached hydrogens (tertiary/aromatic N) is 1. The molecule has 0 saturated carbocycles. The lowest BCUT2D eigenvalue weighted by Crippen LogP contribution is -2.45. The molecule has 0 aliphatic carbocycles. The molecule has 2 heterocycles. The SMILES string of the molecule is C/C1=C/CC(C=Cc2csc(CN)n2)OC(=O)CC(O)C(C)(C)C(=O)C(C)C(O)C(C)CCC1. The molecule has 190 valence electrons. The highest BCUT2D eigenvalue weighted by Gasteiger charge is 2.42. The van der Waals surface area contributed by atoms with Crippen LogP contribution in [0.5, 0.6) is 0 Å². The Morgan fingerprint density at radius 1 is 1.29 bits per heavy atom. The van der Waals surface area contributed by atoms with E-state index in [9.17, 15) is 19.8 Å². The Labute approximate surface area is 207 Å². The minimum atomic E-state index is -1.22. The van der Waals surface area contributed by atoms with Gasteiger partial charge in [-0.2, -0.15) is 0 Å². The minimum Gasteiger partial charge on any atom is -0.458 e. The summed E-state index contributed by atoms with van der Waals surface area (Å²) in [6.45, 7) is 9.29. The van der Waals surface area contributed by atoms with Crippen LogP contribution in [0.2, 0.25) is 0 Å². The fourth-order valence-corrected chi connectivity index (χ4v) is 4.83. The van der Waals surface area contributed by atoms with Crippen molar-refractivity contribution in [2.45, 2.75) is 91.6 Å². The number of thiazole rings is 1. The third-order valence-corrected chi connectivity index (χ3v) is 7.66. The predicted octanol–water partition coefficient (Wildman–Crippen LogP) is 4.03. The van der Waals surface area contributed by atoms with Gasteiger partial charge in [0.25, 0.3) is 0 Å². The second-order valence-corrected chi connectivity index (χ2v) is 10.9. The van der Waals surface area contributed by atoms with Gasteiger partial charge in [0.2, 0.25) is 0 Å². The lowest BCUT2D eigenvalue weighted by Gasteiger charge is -2.34. The van der Waals surface area contributed by atoms with Gasteiger partial charge in [0.05, 0.1) is 29.7 Å². The highest BCUT2D eigenvalue weighted by Crippen LogP contribution is 2.32. The van der Waals surface area contributed by atoms with E-state index in [-0.39, 0.29) is 18.1 Å². The number of Topliss-reactive ketones (excluding diaryl/α,β-unsaturated/α-hetero) is 1. The molecule has 1 aliphatic rings. The molecule has 7 nitrogen and oxygen atoms in total. The number of carbonyl (C=O) groups excluding carboxylic acids is 2. The topological polar surface area (TPSA) is 123 Å². The van der Waals surface area contributed by atoms with E-state index in [1.165, 1.54) is 16.9 Å². The number of hydrogen-bond donors (Lipinski definition) is 3. The number of ketones is 1.